The van der Waals surface area contributed by atoms with Crippen LogP contribution in [0.15, 0.2) is 67.0 Å². The van der Waals surface area contributed by atoms with E-state index < -0.39 is 0 Å². The number of nitrogens with zero attached hydrogens (tertiary/aromatic N) is 1. The highest BCUT2D eigenvalue weighted by Gasteiger charge is 2.11. The van der Waals surface area contributed by atoms with E-state index in [1.165, 1.54) is 12.4 Å². The Balaban J connectivity index is 1.58. The molecule has 2 N–H and O–H groups in total. The van der Waals surface area contributed by atoms with Crippen LogP contribution in [0.2, 0.25) is 0 Å². The lowest BCUT2D eigenvalue weighted by Gasteiger charge is -2.09. The molecule has 0 unspecified atom stereocenters. The van der Waals surface area contributed by atoms with Gasteiger partial charge in [0, 0.05) is 25.5 Å². The van der Waals surface area contributed by atoms with Gasteiger partial charge >= 0.3 is 0 Å². The maximum Gasteiger partial charge on any atom is 0.253 e. The van der Waals surface area contributed by atoms with Crippen LogP contribution in [0.3, 0.4) is 0 Å². The second kappa shape index (κ2) is 9.50. The molecule has 0 fully saturated rings. The van der Waals surface area contributed by atoms with Crippen molar-refractivity contribution in [2.45, 2.75) is 20.0 Å². The first-order valence-electron chi connectivity index (χ1n) is 9.25. The average Bonchev–Trinajstić information content (AvgIpc) is 2.76. The highest BCUT2D eigenvalue weighted by Crippen LogP contribution is 2.11. The predicted molar refractivity (Wildman–Crippen MR) is 111 cm³/mol. The summed E-state index contributed by atoms with van der Waals surface area (Å²) in [5.74, 6) is 0.194. The van der Waals surface area contributed by atoms with E-state index in [2.05, 4.69) is 15.6 Å². The fourth-order valence-electron chi connectivity index (χ4n) is 2.82. The molecule has 2 amide bonds. The maximum atomic E-state index is 12.4. The number of ether oxygens (including phenoxy) is 1. The van der Waals surface area contributed by atoms with Crippen LogP contribution in [0, 0.1) is 6.92 Å². The Morgan fingerprint density at radius 1 is 0.862 bits per heavy atom. The summed E-state index contributed by atoms with van der Waals surface area (Å²) in [6.07, 6.45) is 2.90. The zero-order chi connectivity index (χ0) is 20.6. The van der Waals surface area contributed by atoms with E-state index in [1.807, 2.05) is 55.5 Å². The second-order valence-electron chi connectivity index (χ2n) is 6.66. The van der Waals surface area contributed by atoms with E-state index in [4.69, 9.17) is 4.74 Å². The number of amides is 2. The van der Waals surface area contributed by atoms with Gasteiger partial charge in [0.15, 0.2) is 0 Å². The zero-order valence-electron chi connectivity index (χ0n) is 16.4. The fourth-order valence-corrected chi connectivity index (χ4v) is 2.82. The van der Waals surface area contributed by atoms with Crippen molar-refractivity contribution in [3.8, 4) is 5.75 Å². The number of pyridine rings is 1. The van der Waals surface area contributed by atoms with Crippen LogP contribution in [0.5, 0.6) is 5.75 Å². The van der Waals surface area contributed by atoms with Gasteiger partial charge in [-0.05, 0) is 36.2 Å². The van der Waals surface area contributed by atoms with Crippen molar-refractivity contribution in [2.24, 2.45) is 0 Å². The van der Waals surface area contributed by atoms with Crippen LogP contribution < -0.4 is 15.4 Å². The van der Waals surface area contributed by atoms with Gasteiger partial charge in [-0.2, -0.15) is 0 Å². The van der Waals surface area contributed by atoms with Crippen molar-refractivity contribution >= 4 is 11.8 Å². The average molecular weight is 389 g/mol. The van der Waals surface area contributed by atoms with Gasteiger partial charge < -0.3 is 15.4 Å². The number of carbonyl (C=O) groups is 2. The number of methoxy groups -OCH3 is 1. The quantitative estimate of drug-likeness (QED) is 0.650. The van der Waals surface area contributed by atoms with Crippen molar-refractivity contribution in [3.05, 3.63) is 94.8 Å². The molecular weight excluding hydrogens is 366 g/mol. The third-order valence-electron chi connectivity index (χ3n) is 4.41. The molecule has 0 saturated heterocycles. The van der Waals surface area contributed by atoms with Crippen LogP contribution in [0.25, 0.3) is 0 Å². The van der Waals surface area contributed by atoms with Gasteiger partial charge in [-0.15, -0.1) is 0 Å². The van der Waals surface area contributed by atoms with Crippen LogP contribution in [0.1, 0.15) is 37.4 Å². The molecule has 3 aromatic rings. The third kappa shape index (κ3) is 5.65. The molecule has 29 heavy (non-hydrogen) atoms. The minimum Gasteiger partial charge on any atom is -0.497 e. The maximum absolute atomic E-state index is 12.4. The van der Waals surface area contributed by atoms with E-state index in [1.54, 1.807) is 13.2 Å². The predicted octanol–water partition coefficient (Wildman–Crippen LogP) is 3.26. The Kier molecular flexibility index (Phi) is 6.58. The van der Waals surface area contributed by atoms with Crippen LogP contribution >= 0.6 is 0 Å². The Bertz CT molecular complexity index is 1000. The Hall–Kier alpha value is -3.67. The van der Waals surface area contributed by atoms with Gasteiger partial charge in [0.2, 0.25) is 0 Å². The van der Waals surface area contributed by atoms with E-state index in [9.17, 15) is 9.59 Å². The normalized spacial score (nSPS) is 10.3. The van der Waals surface area contributed by atoms with Gasteiger partial charge in [0.05, 0.1) is 18.2 Å². The van der Waals surface area contributed by atoms with Gasteiger partial charge in [0.1, 0.15) is 5.75 Å². The lowest BCUT2D eigenvalue weighted by Crippen LogP contribution is -2.25. The van der Waals surface area contributed by atoms with Gasteiger partial charge in [-0.3, -0.25) is 14.6 Å². The van der Waals surface area contributed by atoms with Crippen molar-refractivity contribution in [2.75, 3.05) is 7.11 Å². The van der Waals surface area contributed by atoms with Crippen molar-refractivity contribution in [3.63, 3.8) is 0 Å². The zero-order valence-corrected chi connectivity index (χ0v) is 16.4. The number of benzene rings is 2. The van der Waals surface area contributed by atoms with Crippen LogP contribution in [0.4, 0.5) is 0 Å². The minimum atomic E-state index is -0.290. The molecule has 0 atom stereocenters. The van der Waals surface area contributed by atoms with Gasteiger partial charge in [0.25, 0.3) is 11.8 Å². The lowest BCUT2D eigenvalue weighted by molar-refractivity contribution is 0.0950. The molecule has 0 spiro atoms. The number of nitrogens with one attached hydrogen (secondary N) is 2. The summed E-state index contributed by atoms with van der Waals surface area (Å²) in [6.45, 7) is 2.78. The molecule has 1 aromatic heterocycles. The molecule has 2 aromatic carbocycles. The molecule has 1 heterocycles. The summed E-state index contributed by atoms with van der Waals surface area (Å²) in [5, 5.41) is 5.69. The van der Waals surface area contributed by atoms with E-state index >= 15 is 0 Å². The van der Waals surface area contributed by atoms with Crippen LogP contribution in [-0.2, 0) is 13.1 Å². The Labute approximate surface area is 169 Å². The molecule has 0 aliphatic rings. The molecule has 0 aliphatic carbocycles. The van der Waals surface area contributed by atoms with Crippen molar-refractivity contribution in [1.29, 1.82) is 0 Å². The van der Waals surface area contributed by atoms with Gasteiger partial charge in [-0.25, -0.2) is 0 Å². The molecule has 148 valence electrons. The Morgan fingerprint density at radius 3 is 2.07 bits per heavy atom. The van der Waals surface area contributed by atoms with E-state index in [0.29, 0.717) is 24.2 Å². The second-order valence-corrected chi connectivity index (χ2v) is 6.66. The summed E-state index contributed by atoms with van der Waals surface area (Å²) < 4.78 is 5.12. The summed E-state index contributed by atoms with van der Waals surface area (Å²) in [7, 11) is 1.60. The number of carbonyl (C=O) groups excluding carboxylic acids is 2. The van der Waals surface area contributed by atoms with Crippen LogP contribution in [-0.4, -0.2) is 23.9 Å². The monoisotopic (exact) mass is 389 g/mol. The molecule has 3 rings (SSSR count). The number of aryl methyl sites for hydroxylation is 1. The molecule has 0 bridgehead atoms. The molecule has 0 aliphatic heterocycles. The molecule has 0 radical (unpaired) electrons. The smallest absolute Gasteiger partial charge is 0.253 e. The molecule has 6 heteroatoms. The van der Waals surface area contributed by atoms with Crippen molar-refractivity contribution < 1.29 is 14.3 Å². The summed E-state index contributed by atoms with van der Waals surface area (Å²) >= 11 is 0. The summed E-state index contributed by atoms with van der Waals surface area (Å²) in [4.78, 5) is 28.9. The molecule has 6 nitrogen and oxygen atoms in total. The summed E-state index contributed by atoms with van der Waals surface area (Å²) in [5.41, 5.74) is 3.77. The van der Waals surface area contributed by atoms with E-state index in [-0.39, 0.29) is 11.8 Å². The molecule has 0 saturated carbocycles. The first-order valence-corrected chi connectivity index (χ1v) is 9.25. The highest BCUT2D eigenvalue weighted by atomic mass is 16.5. The summed E-state index contributed by atoms with van der Waals surface area (Å²) in [6, 6.07) is 16.9. The third-order valence-corrected chi connectivity index (χ3v) is 4.41. The van der Waals surface area contributed by atoms with Crippen molar-refractivity contribution in [1.82, 2.24) is 15.6 Å². The Morgan fingerprint density at radius 2 is 1.48 bits per heavy atom. The number of hydrogen-bond donors (Lipinski definition) is 2. The minimum absolute atomic E-state index is 0.274. The van der Waals surface area contributed by atoms with E-state index in [0.717, 1.165) is 22.4 Å². The number of hydrogen-bond acceptors (Lipinski definition) is 4. The number of rotatable bonds is 7. The largest absolute Gasteiger partial charge is 0.497 e. The first-order chi connectivity index (χ1) is 14.0. The fraction of sp³-hybridized carbons (Fsp3) is 0.174. The topological polar surface area (TPSA) is 80.3 Å². The first kappa shape index (κ1) is 20.1. The lowest BCUT2D eigenvalue weighted by atomic mass is 10.1. The molecular formula is C23H23N3O3. The number of aromatic nitrogens is 1. The SMILES string of the molecule is COc1ccc(CNC(=O)c2cncc(C(=O)NCc3cccc(C)c3)c2)cc1. The van der Waals surface area contributed by atoms with Gasteiger partial charge in [-0.1, -0.05) is 42.0 Å². The standard InChI is InChI=1S/C23H23N3O3/c1-16-4-3-5-18(10-16)13-26-23(28)20-11-19(14-24-15-20)22(27)25-12-17-6-8-21(29-2)9-7-17/h3-11,14-15H,12-13H2,1-2H3,(H,25,27)(H,26,28). The highest BCUT2D eigenvalue weighted by molar-refractivity contribution is 5.99.